The molecule has 3 heterocycles. The molecule has 0 radical (unpaired) electrons. The molecule has 0 saturated carbocycles. The third-order valence-corrected chi connectivity index (χ3v) is 6.09. The number of rotatable bonds is 3. The van der Waals surface area contributed by atoms with Crippen LogP contribution in [0, 0.1) is 0 Å². The number of carbonyl (C=O) groups excluding carboxylic acids is 1. The Morgan fingerprint density at radius 3 is 2.71 bits per heavy atom. The molecule has 0 spiro atoms. The molecule has 2 atom stereocenters. The summed E-state index contributed by atoms with van der Waals surface area (Å²) >= 11 is 5.71. The Morgan fingerprint density at radius 2 is 1.96 bits per heavy atom. The van der Waals surface area contributed by atoms with Gasteiger partial charge in [0.2, 0.25) is 0 Å². The largest absolute Gasteiger partial charge is 0.508 e. The number of benzene rings is 2. The number of hydrogen-bond acceptors (Lipinski definition) is 3. The number of phenolic OH excluding ortho intramolecular Hbond substituents is 1. The number of nitrogens with zero attached hydrogens (tertiary/aromatic N) is 2. The molecule has 1 amide bonds. The summed E-state index contributed by atoms with van der Waals surface area (Å²) < 4.78 is 0. The van der Waals surface area contributed by atoms with E-state index in [4.69, 9.17) is 12.2 Å². The van der Waals surface area contributed by atoms with E-state index in [1.54, 1.807) is 23.1 Å². The van der Waals surface area contributed by atoms with Gasteiger partial charge in [-0.05, 0) is 41.5 Å². The lowest BCUT2D eigenvalue weighted by Gasteiger charge is -2.37. The van der Waals surface area contributed by atoms with E-state index < -0.39 is 0 Å². The van der Waals surface area contributed by atoms with Gasteiger partial charge in [-0.15, -0.1) is 6.58 Å². The number of H-pyrrole nitrogens is 1. The van der Waals surface area contributed by atoms with Gasteiger partial charge in [-0.25, -0.2) is 0 Å². The summed E-state index contributed by atoms with van der Waals surface area (Å²) in [5.41, 5.74) is 4.25. The second-order valence-corrected chi connectivity index (χ2v) is 7.57. The van der Waals surface area contributed by atoms with E-state index in [2.05, 4.69) is 23.7 Å². The summed E-state index contributed by atoms with van der Waals surface area (Å²) in [6.45, 7) is 4.17. The van der Waals surface area contributed by atoms with Crippen LogP contribution in [0.5, 0.6) is 5.75 Å². The van der Waals surface area contributed by atoms with Gasteiger partial charge >= 0.3 is 0 Å². The van der Waals surface area contributed by atoms with Gasteiger partial charge in [-0.1, -0.05) is 36.4 Å². The molecule has 2 aliphatic heterocycles. The Hall–Kier alpha value is -3.12. The normalized spacial score (nSPS) is 21.1. The van der Waals surface area contributed by atoms with Gasteiger partial charge < -0.3 is 15.0 Å². The summed E-state index contributed by atoms with van der Waals surface area (Å²) in [5.74, 6) is 0.228. The molecule has 28 heavy (non-hydrogen) atoms. The number of thiocarbonyl (C=S) groups is 1. The Balaban J connectivity index is 1.73. The number of amides is 1. The molecule has 0 unspecified atom stereocenters. The highest BCUT2D eigenvalue weighted by molar-refractivity contribution is 7.80. The lowest BCUT2D eigenvalue weighted by molar-refractivity contribution is -0.128. The third kappa shape index (κ3) is 2.31. The molecule has 2 aliphatic rings. The molecule has 5 rings (SSSR count). The second-order valence-electron chi connectivity index (χ2n) is 7.20. The summed E-state index contributed by atoms with van der Waals surface area (Å²) in [5, 5.41) is 11.4. The molecule has 140 valence electrons. The van der Waals surface area contributed by atoms with Crippen molar-refractivity contribution in [3.8, 4) is 5.75 Å². The average Bonchev–Trinajstić information content (AvgIpc) is 3.19. The summed E-state index contributed by atoms with van der Waals surface area (Å²) in [4.78, 5) is 20.4. The van der Waals surface area contributed by atoms with Crippen molar-refractivity contribution in [1.82, 2.24) is 14.8 Å². The maximum atomic E-state index is 13.1. The zero-order valence-corrected chi connectivity index (χ0v) is 15.9. The van der Waals surface area contributed by atoms with Gasteiger partial charge in [-0.3, -0.25) is 9.69 Å². The van der Waals surface area contributed by atoms with Crippen LogP contribution in [-0.2, 0) is 11.2 Å². The van der Waals surface area contributed by atoms with E-state index in [0.717, 1.165) is 27.7 Å². The molecule has 3 aromatic rings. The van der Waals surface area contributed by atoms with Crippen LogP contribution < -0.4 is 0 Å². The van der Waals surface area contributed by atoms with E-state index in [1.807, 2.05) is 29.2 Å². The molecular formula is C22H19N3O2S. The standard InChI is InChI=1S/C22H19N3O2S/c1-2-11-24-21(27)18-12-16-15-5-3-4-6-17(15)23-19(16)20(25(18)22(24)28)13-7-9-14(26)10-8-13/h2-10,18,20,23,26H,1,11-12H2/t18-,20+/m0/s1. The van der Waals surface area contributed by atoms with E-state index >= 15 is 0 Å². The minimum atomic E-state index is -0.335. The van der Waals surface area contributed by atoms with E-state index in [0.29, 0.717) is 18.1 Å². The van der Waals surface area contributed by atoms with Gasteiger partial charge in [-0.2, -0.15) is 0 Å². The Bertz CT molecular complexity index is 1120. The molecule has 1 aromatic heterocycles. The minimum absolute atomic E-state index is 0.0182. The van der Waals surface area contributed by atoms with Gasteiger partial charge in [0.1, 0.15) is 11.8 Å². The molecule has 1 saturated heterocycles. The molecule has 5 nitrogen and oxygen atoms in total. The summed E-state index contributed by atoms with van der Waals surface area (Å²) in [6, 6.07) is 14.7. The van der Waals surface area contributed by atoms with Crippen LogP contribution >= 0.6 is 12.2 Å². The topological polar surface area (TPSA) is 59.6 Å². The van der Waals surface area contributed by atoms with Crippen LogP contribution in [0.2, 0.25) is 0 Å². The highest BCUT2D eigenvalue weighted by atomic mass is 32.1. The maximum Gasteiger partial charge on any atom is 0.252 e. The monoisotopic (exact) mass is 389 g/mol. The van der Waals surface area contributed by atoms with E-state index in [9.17, 15) is 9.90 Å². The van der Waals surface area contributed by atoms with E-state index in [-0.39, 0.29) is 23.7 Å². The predicted molar refractivity (Wildman–Crippen MR) is 112 cm³/mol. The van der Waals surface area contributed by atoms with Crippen molar-refractivity contribution in [3.05, 3.63) is 78.0 Å². The van der Waals surface area contributed by atoms with Crippen molar-refractivity contribution in [2.24, 2.45) is 0 Å². The van der Waals surface area contributed by atoms with Crippen LogP contribution in [0.4, 0.5) is 0 Å². The number of hydrogen-bond donors (Lipinski definition) is 2. The van der Waals surface area contributed by atoms with Crippen LogP contribution in [-0.4, -0.2) is 43.5 Å². The summed E-state index contributed by atoms with van der Waals surface area (Å²) in [6.07, 6.45) is 2.31. The van der Waals surface area contributed by atoms with Gasteiger partial charge in [0, 0.05) is 29.6 Å². The van der Waals surface area contributed by atoms with Crippen molar-refractivity contribution in [2.45, 2.75) is 18.5 Å². The highest BCUT2D eigenvalue weighted by Crippen LogP contribution is 2.44. The fraction of sp³-hybridized carbons (Fsp3) is 0.182. The Labute approximate surface area is 167 Å². The fourth-order valence-electron chi connectivity index (χ4n) is 4.43. The number of aromatic amines is 1. The number of aromatic hydroxyl groups is 1. The predicted octanol–water partition coefficient (Wildman–Crippen LogP) is 3.50. The number of para-hydroxylation sites is 1. The Morgan fingerprint density at radius 1 is 1.21 bits per heavy atom. The van der Waals surface area contributed by atoms with Crippen molar-refractivity contribution in [3.63, 3.8) is 0 Å². The van der Waals surface area contributed by atoms with Gasteiger partial charge in [0.05, 0.1) is 6.04 Å². The smallest absolute Gasteiger partial charge is 0.252 e. The number of carbonyl (C=O) groups is 1. The lowest BCUT2D eigenvalue weighted by atomic mass is 9.89. The number of nitrogens with one attached hydrogen (secondary N) is 1. The zero-order chi connectivity index (χ0) is 19.4. The van der Waals surface area contributed by atoms with Crippen molar-refractivity contribution in [2.75, 3.05) is 6.54 Å². The molecule has 0 aliphatic carbocycles. The van der Waals surface area contributed by atoms with Gasteiger partial charge in [0.15, 0.2) is 5.11 Å². The maximum absolute atomic E-state index is 13.1. The number of phenols is 1. The molecule has 2 N–H and O–H groups in total. The highest BCUT2D eigenvalue weighted by Gasteiger charge is 2.50. The minimum Gasteiger partial charge on any atom is -0.508 e. The lowest BCUT2D eigenvalue weighted by Crippen LogP contribution is -2.44. The van der Waals surface area contributed by atoms with Crippen LogP contribution in [0.25, 0.3) is 10.9 Å². The van der Waals surface area contributed by atoms with Crippen LogP contribution in [0.15, 0.2) is 61.2 Å². The number of fused-ring (bicyclic) bond motifs is 4. The number of aromatic nitrogens is 1. The van der Waals surface area contributed by atoms with Crippen molar-refractivity contribution >= 4 is 34.1 Å². The van der Waals surface area contributed by atoms with Crippen LogP contribution in [0.3, 0.4) is 0 Å². The Kier molecular flexibility index (Phi) is 3.77. The second kappa shape index (κ2) is 6.21. The van der Waals surface area contributed by atoms with Gasteiger partial charge in [0.25, 0.3) is 5.91 Å². The third-order valence-electron chi connectivity index (χ3n) is 5.65. The first-order valence-electron chi connectivity index (χ1n) is 9.23. The zero-order valence-electron chi connectivity index (χ0n) is 15.1. The molecule has 6 heteroatoms. The van der Waals surface area contributed by atoms with Crippen LogP contribution in [0.1, 0.15) is 22.9 Å². The molecular weight excluding hydrogens is 370 g/mol. The first kappa shape index (κ1) is 17.0. The van der Waals surface area contributed by atoms with E-state index in [1.165, 1.54) is 0 Å². The average molecular weight is 389 g/mol. The first-order chi connectivity index (χ1) is 13.6. The molecule has 0 bridgehead atoms. The quantitative estimate of drug-likeness (QED) is 0.532. The molecule has 1 fully saturated rings. The van der Waals surface area contributed by atoms with Crippen molar-refractivity contribution < 1.29 is 9.90 Å². The first-order valence-corrected chi connectivity index (χ1v) is 9.64. The molecule has 2 aromatic carbocycles. The SMILES string of the molecule is C=CCN1C(=O)[C@@H]2Cc3c([nH]c4ccccc34)[C@@H](c3ccc(O)cc3)N2C1=S. The fourth-order valence-corrected chi connectivity index (χ4v) is 4.83. The van der Waals surface area contributed by atoms with Crippen molar-refractivity contribution in [1.29, 1.82) is 0 Å². The summed E-state index contributed by atoms with van der Waals surface area (Å²) in [7, 11) is 0.